The second-order valence-corrected chi connectivity index (χ2v) is 6.72. The van der Waals surface area contributed by atoms with Crippen LogP contribution in [-0.4, -0.2) is 30.7 Å². The summed E-state index contributed by atoms with van der Waals surface area (Å²) >= 11 is 6.54. The van der Waals surface area contributed by atoms with Gasteiger partial charge < -0.3 is 19.9 Å². The normalized spacial score (nSPS) is 14.6. The highest BCUT2D eigenvalue weighted by Crippen LogP contribution is 2.32. The number of nitrogens with two attached hydrogens (primary N) is 1. The molecule has 2 aromatic rings. The summed E-state index contributed by atoms with van der Waals surface area (Å²) in [5.41, 5.74) is 8.04. The van der Waals surface area contributed by atoms with E-state index < -0.39 is 5.97 Å². The first-order valence-electron chi connectivity index (χ1n) is 8.61. The number of benzene rings is 1. The van der Waals surface area contributed by atoms with Gasteiger partial charge >= 0.3 is 5.97 Å². The maximum absolute atomic E-state index is 12.1. The third-order valence-electron chi connectivity index (χ3n) is 4.70. The highest BCUT2D eigenvalue weighted by molar-refractivity contribution is 6.33. The molecule has 2 N–H and O–H groups in total. The van der Waals surface area contributed by atoms with Crippen LogP contribution in [0.25, 0.3) is 5.69 Å². The fourth-order valence-electron chi connectivity index (χ4n) is 3.33. The van der Waals surface area contributed by atoms with Crippen molar-refractivity contribution in [2.45, 2.75) is 25.7 Å². The third kappa shape index (κ3) is 3.35. The van der Waals surface area contributed by atoms with Gasteiger partial charge in [-0.25, -0.2) is 4.79 Å². The first-order valence-corrected chi connectivity index (χ1v) is 8.98. The average molecular weight is 373 g/mol. The van der Waals surface area contributed by atoms with Crippen LogP contribution in [0.4, 0.5) is 11.4 Å². The molecule has 136 valence electrons. The topological polar surface area (TPSA) is 84.3 Å². The first-order chi connectivity index (χ1) is 12.6. The Kier molecular flexibility index (Phi) is 5.38. The maximum Gasteiger partial charge on any atom is 0.357 e. The number of methoxy groups -OCH3 is 1. The number of hydrogen-bond acceptors (Lipinski definition) is 5. The number of rotatable bonds is 3. The van der Waals surface area contributed by atoms with Crippen molar-refractivity contribution >= 4 is 28.9 Å². The molecule has 0 bridgehead atoms. The largest absolute Gasteiger partial charge is 0.464 e. The molecule has 0 spiro atoms. The van der Waals surface area contributed by atoms with Crippen LogP contribution >= 0.6 is 11.6 Å². The van der Waals surface area contributed by atoms with E-state index in [1.165, 1.54) is 26.1 Å². The molecule has 1 saturated heterocycles. The second kappa shape index (κ2) is 7.71. The summed E-state index contributed by atoms with van der Waals surface area (Å²) in [5, 5.41) is 9.83. The molecule has 0 radical (unpaired) electrons. The fraction of sp³-hybridized carbons (Fsp3) is 0.368. The number of nitrogens with zero attached hydrogens (tertiary/aromatic N) is 3. The molecule has 1 aromatic carbocycles. The smallest absolute Gasteiger partial charge is 0.357 e. The Balaban J connectivity index is 2.02. The van der Waals surface area contributed by atoms with Crippen molar-refractivity contribution in [2.24, 2.45) is 0 Å². The van der Waals surface area contributed by atoms with E-state index in [2.05, 4.69) is 4.90 Å². The van der Waals surface area contributed by atoms with Crippen molar-refractivity contribution in [3.05, 3.63) is 40.7 Å². The minimum absolute atomic E-state index is 0.104. The zero-order valence-corrected chi connectivity index (χ0v) is 15.4. The highest BCUT2D eigenvalue weighted by Gasteiger charge is 2.22. The molecule has 2 heterocycles. The first kappa shape index (κ1) is 18.2. The standard InChI is InChI=1S/C19H21ClN4O2/c1-26-19(25)18-17(22)13(11-21)12-24(18)14-6-7-16(15(20)10-14)23-8-4-2-3-5-9-23/h6-7,10,12H,2-5,8-9,22H2,1H3. The maximum atomic E-state index is 12.1. The monoisotopic (exact) mass is 372 g/mol. The van der Waals surface area contributed by atoms with Crippen molar-refractivity contribution in [1.29, 1.82) is 5.26 Å². The zero-order chi connectivity index (χ0) is 18.7. The van der Waals surface area contributed by atoms with Gasteiger partial charge in [0.1, 0.15) is 6.07 Å². The number of esters is 1. The Hall–Kier alpha value is -2.65. The van der Waals surface area contributed by atoms with Crippen LogP contribution in [0.5, 0.6) is 0 Å². The molecule has 0 aliphatic carbocycles. The molecule has 1 aliphatic rings. The van der Waals surface area contributed by atoms with E-state index in [-0.39, 0.29) is 16.9 Å². The van der Waals surface area contributed by atoms with Crippen LogP contribution in [0.15, 0.2) is 24.4 Å². The van der Waals surface area contributed by atoms with Gasteiger partial charge in [-0.1, -0.05) is 24.4 Å². The van der Waals surface area contributed by atoms with E-state index in [0.29, 0.717) is 10.7 Å². The van der Waals surface area contributed by atoms with Gasteiger partial charge in [0.05, 0.1) is 29.1 Å². The Morgan fingerprint density at radius 3 is 2.54 bits per heavy atom. The lowest BCUT2D eigenvalue weighted by Crippen LogP contribution is -2.24. The number of anilines is 2. The van der Waals surface area contributed by atoms with Gasteiger partial charge in [-0.3, -0.25) is 0 Å². The molecule has 0 atom stereocenters. The van der Waals surface area contributed by atoms with Gasteiger partial charge in [-0.15, -0.1) is 0 Å². The summed E-state index contributed by atoms with van der Waals surface area (Å²) in [6.45, 7) is 1.98. The second-order valence-electron chi connectivity index (χ2n) is 6.32. The Bertz CT molecular complexity index is 861. The molecule has 0 unspecified atom stereocenters. The lowest BCUT2D eigenvalue weighted by atomic mass is 10.2. The Labute approximate surface area is 157 Å². The fourth-order valence-corrected chi connectivity index (χ4v) is 3.63. The van der Waals surface area contributed by atoms with Gasteiger partial charge in [0.15, 0.2) is 5.69 Å². The van der Waals surface area contributed by atoms with E-state index in [9.17, 15) is 10.1 Å². The lowest BCUT2D eigenvalue weighted by molar-refractivity contribution is 0.0593. The quantitative estimate of drug-likeness (QED) is 0.829. The molecule has 6 nitrogen and oxygen atoms in total. The van der Waals surface area contributed by atoms with Crippen LogP contribution < -0.4 is 10.6 Å². The molecule has 7 heteroatoms. The van der Waals surface area contributed by atoms with Crippen LogP contribution in [0, 0.1) is 11.3 Å². The molecule has 0 saturated carbocycles. The predicted molar refractivity (Wildman–Crippen MR) is 102 cm³/mol. The van der Waals surface area contributed by atoms with Crippen LogP contribution in [0.3, 0.4) is 0 Å². The minimum atomic E-state index is -0.600. The van der Waals surface area contributed by atoms with E-state index in [4.69, 9.17) is 22.1 Å². The van der Waals surface area contributed by atoms with E-state index in [0.717, 1.165) is 31.6 Å². The van der Waals surface area contributed by atoms with Crippen LogP contribution in [-0.2, 0) is 4.74 Å². The molecule has 3 rings (SSSR count). The van der Waals surface area contributed by atoms with Crippen molar-refractivity contribution in [3.8, 4) is 11.8 Å². The van der Waals surface area contributed by atoms with Gasteiger partial charge in [-0.2, -0.15) is 5.26 Å². The highest BCUT2D eigenvalue weighted by atomic mass is 35.5. The van der Waals surface area contributed by atoms with E-state index in [1.54, 1.807) is 10.6 Å². The number of carbonyl (C=O) groups is 1. The molecule has 1 aliphatic heterocycles. The molecule has 26 heavy (non-hydrogen) atoms. The van der Waals surface area contributed by atoms with Gasteiger partial charge in [0, 0.05) is 25.0 Å². The predicted octanol–water partition coefficient (Wildman–Crippen LogP) is 3.75. The zero-order valence-electron chi connectivity index (χ0n) is 14.7. The molecule has 0 amide bonds. The average Bonchev–Trinajstić information content (AvgIpc) is 2.81. The number of aromatic nitrogens is 1. The van der Waals surface area contributed by atoms with E-state index >= 15 is 0 Å². The summed E-state index contributed by atoms with van der Waals surface area (Å²) in [6.07, 6.45) is 6.33. The Morgan fingerprint density at radius 2 is 1.96 bits per heavy atom. The Morgan fingerprint density at radius 1 is 1.27 bits per heavy atom. The van der Waals surface area contributed by atoms with Crippen molar-refractivity contribution in [1.82, 2.24) is 4.57 Å². The lowest BCUT2D eigenvalue weighted by Gasteiger charge is -2.24. The number of nitrogen functional groups attached to an aromatic ring is 1. The molecular weight excluding hydrogens is 352 g/mol. The molecule has 1 fully saturated rings. The number of hydrogen-bond donors (Lipinski definition) is 1. The summed E-state index contributed by atoms with van der Waals surface area (Å²) in [7, 11) is 1.28. The molecular formula is C19H21ClN4O2. The van der Waals surface area contributed by atoms with Crippen LogP contribution in [0.2, 0.25) is 5.02 Å². The van der Waals surface area contributed by atoms with Gasteiger partial charge in [0.25, 0.3) is 0 Å². The van der Waals surface area contributed by atoms with Crippen molar-refractivity contribution in [3.63, 3.8) is 0 Å². The molecule has 1 aromatic heterocycles. The van der Waals surface area contributed by atoms with Crippen LogP contribution in [0.1, 0.15) is 41.7 Å². The van der Waals surface area contributed by atoms with E-state index in [1.807, 2.05) is 18.2 Å². The number of carbonyl (C=O) groups excluding carboxylic acids is 1. The summed E-state index contributed by atoms with van der Waals surface area (Å²) in [5.74, 6) is -0.600. The summed E-state index contributed by atoms with van der Waals surface area (Å²) < 4.78 is 6.36. The number of halogens is 1. The minimum Gasteiger partial charge on any atom is -0.464 e. The summed E-state index contributed by atoms with van der Waals surface area (Å²) in [4.78, 5) is 14.4. The number of ether oxygens (including phenoxy) is 1. The van der Waals surface area contributed by atoms with Gasteiger partial charge in [-0.05, 0) is 31.0 Å². The van der Waals surface area contributed by atoms with Crippen molar-refractivity contribution < 1.29 is 9.53 Å². The third-order valence-corrected chi connectivity index (χ3v) is 5.00. The summed E-state index contributed by atoms with van der Waals surface area (Å²) in [6, 6.07) is 7.61. The SMILES string of the molecule is COC(=O)c1c(N)c(C#N)cn1-c1ccc(N2CCCCCC2)c(Cl)c1. The van der Waals surface area contributed by atoms with Gasteiger partial charge in [0.2, 0.25) is 0 Å². The van der Waals surface area contributed by atoms with Crippen molar-refractivity contribution in [2.75, 3.05) is 30.8 Å². The number of nitriles is 1.